The number of rotatable bonds is 5. The molecule has 1 fully saturated rings. The van der Waals surface area contributed by atoms with Gasteiger partial charge < -0.3 is 9.84 Å². The Morgan fingerprint density at radius 3 is 3.04 bits per heavy atom. The Hall–Kier alpha value is -2.86. The van der Waals surface area contributed by atoms with E-state index >= 15 is 0 Å². The molecule has 1 amide bonds. The van der Waals surface area contributed by atoms with Gasteiger partial charge in [-0.2, -0.15) is 10.2 Å². The summed E-state index contributed by atoms with van der Waals surface area (Å²) >= 11 is 0. The third kappa shape index (κ3) is 4.16. The molecule has 0 bridgehead atoms. The van der Waals surface area contributed by atoms with Crippen LogP contribution in [0.2, 0.25) is 0 Å². The number of aromatic nitrogens is 3. The number of hydrogen-bond donors (Lipinski definition) is 1. The van der Waals surface area contributed by atoms with E-state index in [1.54, 1.807) is 6.92 Å². The molecule has 1 aliphatic rings. The van der Waals surface area contributed by atoms with Crippen LogP contribution in [-0.4, -0.2) is 51.2 Å². The highest BCUT2D eigenvalue weighted by molar-refractivity contribution is 5.92. The van der Waals surface area contributed by atoms with E-state index in [-0.39, 0.29) is 30.7 Å². The second-order valence-corrected chi connectivity index (χ2v) is 5.90. The average molecular weight is 344 g/mol. The van der Waals surface area contributed by atoms with Gasteiger partial charge in [-0.05, 0) is 18.6 Å². The molecule has 0 radical (unpaired) electrons. The zero-order valence-corrected chi connectivity index (χ0v) is 13.6. The van der Waals surface area contributed by atoms with Crippen molar-refractivity contribution in [3.63, 3.8) is 0 Å². The number of carbonyl (C=O) groups is 1. The fourth-order valence-electron chi connectivity index (χ4n) is 2.81. The number of carbonyl (C=O) groups excluding carboxylic acids is 1. The van der Waals surface area contributed by atoms with E-state index in [2.05, 4.69) is 20.4 Å². The SMILES string of the molecule is Cc1nc(CN2C[C@@H](F)C[C@H]2CNC(=O)c2ccc(C#N)cn2)no1. The second-order valence-electron chi connectivity index (χ2n) is 5.90. The molecule has 9 heteroatoms. The Kier molecular flexibility index (Phi) is 5.00. The van der Waals surface area contributed by atoms with Gasteiger partial charge in [0.2, 0.25) is 5.89 Å². The molecule has 3 heterocycles. The Labute approximate surface area is 143 Å². The molecule has 8 nitrogen and oxygen atoms in total. The second kappa shape index (κ2) is 7.36. The lowest BCUT2D eigenvalue weighted by molar-refractivity contribution is 0.0934. The van der Waals surface area contributed by atoms with Crippen molar-refractivity contribution in [3.05, 3.63) is 41.3 Å². The van der Waals surface area contributed by atoms with Crippen molar-refractivity contribution >= 4 is 5.91 Å². The van der Waals surface area contributed by atoms with E-state index in [4.69, 9.17) is 9.78 Å². The van der Waals surface area contributed by atoms with Crippen molar-refractivity contribution < 1.29 is 13.7 Å². The first-order valence-corrected chi connectivity index (χ1v) is 7.87. The van der Waals surface area contributed by atoms with Gasteiger partial charge in [-0.3, -0.25) is 9.69 Å². The molecule has 0 aliphatic carbocycles. The monoisotopic (exact) mass is 344 g/mol. The molecule has 2 atom stereocenters. The third-order valence-electron chi connectivity index (χ3n) is 4.01. The Morgan fingerprint density at radius 1 is 1.56 bits per heavy atom. The molecule has 0 unspecified atom stereocenters. The first-order valence-electron chi connectivity index (χ1n) is 7.87. The van der Waals surface area contributed by atoms with E-state index in [0.717, 1.165) is 0 Å². The van der Waals surface area contributed by atoms with E-state index in [9.17, 15) is 9.18 Å². The number of alkyl halides is 1. The van der Waals surface area contributed by atoms with Crippen LogP contribution in [0.4, 0.5) is 4.39 Å². The van der Waals surface area contributed by atoms with Crippen LogP contribution >= 0.6 is 0 Å². The quantitative estimate of drug-likeness (QED) is 0.861. The number of nitrogens with zero attached hydrogens (tertiary/aromatic N) is 5. The van der Waals surface area contributed by atoms with Crippen molar-refractivity contribution in [2.75, 3.05) is 13.1 Å². The summed E-state index contributed by atoms with van der Waals surface area (Å²) in [5.74, 6) is 0.599. The minimum atomic E-state index is -0.956. The number of halogens is 1. The average Bonchev–Trinajstić information content (AvgIpc) is 3.18. The number of hydrogen-bond acceptors (Lipinski definition) is 7. The fraction of sp³-hybridized carbons (Fsp3) is 0.438. The first-order chi connectivity index (χ1) is 12.0. The van der Waals surface area contributed by atoms with Gasteiger partial charge in [-0.25, -0.2) is 9.37 Å². The Morgan fingerprint density at radius 2 is 2.40 bits per heavy atom. The summed E-state index contributed by atoms with van der Waals surface area (Å²) in [6.45, 7) is 2.62. The van der Waals surface area contributed by atoms with Crippen LogP contribution in [0.25, 0.3) is 0 Å². The summed E-state index contributed by atoms with van der Waals surface area (Å²) in [4.78, 5) is 22.1. The maximum absolute atomic E-state index is 13.8. The molecule has 130 valence electrons. The van der Waals surface area contributed by atoms with E-state index < -0.39 is 6.17 Å². The molecule has 2 aromatic rings. The van der Waals surface area contributed by atoms with E-state index in [0.29, 0.717) is 30.2 Å². The molecular weight excluding hydrogens is 327 g/mol. The van der Waals surface area contributed by atoms with Gasteiger partial charge in [0.15, 0.2) is 5.82 Å². The Bertz CT molecular complexity index is 785. The van der Waals surface area contributed by atoms with Crippen LogP contribution in [0.15, 0.2) is 22.9 Å². The summed E-state index contributed by atoms with van der Waals surface area (Å²) in [6, 6.07) is 4.80. The molecule has 3 rings (SSSR count). The van der Waals surface area contributed by atoms with Crippen molar-refractivity contribution in [1.82, 2.24) is 25.3 Å². The molecular formula is C16H17FN6O2. The fourth-order valence-corrected chi connectivity index (χ4v) is 2.81. The minimum absolute atomic E-state index is 0.156. The topological polar surface area (TPSA) is 108 Å². The lowest BCUT2D eigenvalue weighted by atomic mass is 10.2. The van der Waals surface area contributed by atoms with Crippen LogP contribution in [0.3, 0.4) is 0 Å². The van der Waals surface area contributed by atoms with Gasteiger partial charge in [-0.15, -0.1) is 0 Å². The van der Waals surface area contributed by atoms with Crippen LogP contribution in [-0.2, 0) is 6.54 Å². The standard InChI is InChI=1S/C16H17FN6O2/c1-10-21-15(22-25-10)9-23-8-12(17)4-13(23)7-20-16(24)14-3-2-11(5-18)6-19-14/h2-3,6,12-13H,4,7-9H2,1H3,(H,20,24)/t12-,13-/m0/s1. The number of aryl methyl sites for hydroxylation is 1. The predicted octanol–water partition coefficient (Wildman–Crippen LogP) is 0.987. The van der Waals surface area contributed by atoms with Gasteiger partial charge in [0.25, 0.3) is 5.91 Å². The number of pyridine rings is 1. The maximum atomic E-state index is 13.8. The van der Waals surface area contributed by atoms with Gasteiger partial charge in [0, 0.05) is 32.3 Å². The molecule has 25 heavy (non-hydrogen) atoms. The predicted molar refractivity (Wildman–Crippen MR) is 84.0 cm³/mol. The summed E-state index contributed by atoms with van der Waals surface area (Å²) in [5.41, 5.74) is 0.600. The third-order valence-corrected chi connectivity index (χ3v) is 4.01. The van der Waals surface area contributed by atoms with E-state index in [1.165, 1.54) is 18.3 Å². The molecule has 1 aliphatic heterocycles. The molecule has 1 N–H and O–H groups in total. The summed E-state index contributed by atoms with van der Waals surface area (Å²) < 4.78 is 18.7. The first kappa shape index (κ1) is 17.0. The van der Waals surface area contributed by atoms with Crippen molar-refractivity contribution in [3.8, 4) is 6.07 Å². The summed E-state index contributed by atoms with van der Waals surface area (Å²) in [5, 5.41) is 15.3. The number of nitrogens with one attached hydrogen (secondary N) is 1. The normalized spacial score (nSPS) is 20.4. The van der Waals surface area contributed by atoms with Crippen molar-refractivity contribution in [2.45, 2.75) is 32.1 Å². The minimum Gasteiger partial charge on any atom is -0.349 e. The van der Waals surface area contributed by atoms with Crippen LogP contribution < -0.4 is 5.32 Å². The number of likely N-dealkylation sites (tertiary alicyclic amines) is 1. The highest BCUT2D eigenvalue weighted by atomic mass is 19.1. The van der Waals surface area contributed by atoms with Crippen LogP contribution in [0.5, 0.6) is 0 Å². The molecule has 0 aromatic carbocycles. The van der Waals surface area contributed by atoms with Gasteiger partial charge in [0.1, 0.15) is 17.9 Å². The lowest BCUT2D eigenvalue weighted by Gasteiger charge is -2.22. The highest BCUT2D eigenvalue weighted by Gasteiger charge is 2.33. The Balaban J connectivity index is 1.58. The highest BCUT2D eigenvalue weighted by Crippen LogP contribution is 2.21. The molecule has 0 saturated carbocycles. The summed E-state index contributed by atoms with van der Waals surface area (Å²) in [7, 11) is 0. The van der Waals surface area contributed by atoms with Crippen molar-refractivity contribution in [1.29, 1.82) is 5.26 Å². The van der Waals surface area contributed by atoms with Crippen molar-refractivity contribution in [2.24, 2.45) is 0 Å². The lowest BCUT2D eigenvalue weighted by Crippen LogP contribution is -2.40. The zero-order chi connectivity index (χ0) is 17.8. The van der Waals surface area contributed by atoms with Gasteiger partial charge >= 0.3 is 0 Å². The van der Waals surface area contributed by atoms with E-state index in [1.807, 2.05) is 11.0 Å². The molecule has 2 aromatic heterocycles. The molecule has 0 spiro atoms. The van der Waals surface area contributed by atoms with Crippen LogP contribution in [0.1, 0.15) is 34.2 Å². The number of amides is 1. The molecule has 1 saturated heterocycles. The number of nitriles is 1. The largest absolute Gasteiger partial charge is 0.349 e. The zero-order valence-electron chi connectivity index (χ0n) is 13.6. The van der Waals surface area contributed by atoms with Gasteiger partial charge in [-0.1, -0.05) is 5.16 Å². The smallest absolute Gasteiger partial charge is 0.269 e. The summed E-state index contributed by atoms with van der Waals surface area (Å²) in [6.07, 6.45) is 0.716. The van der Waals surface area contributed by atoms with Crippen LogP contribution in [0, 0.1) is 18.3 Å². The van der Waals surface area contributed by atoms with Gasteiger partial charge in [0.05, 0.1) is 12.1 Å². The maximum Gasteiger partial charge on any atom is 0.269 e.